The van der Waals surface area contributed by atoms with Crippen molar-refractivity contribution in [2.24, 2.45) is 0 Å². The van der Waals surface area contributed by atoms with Gasteiger partial charge in [-0.05, 0) is 48.4 Å². The molecule has 0 unspecified atom stereocenters. The zero-order chi connectivity index (χ0) is 28.6. The summed E-state index contributed by atoms with van der Waals surface area (Å²) in [6.45, 7) is 4.10. The van der Waals surface area contributed by atoms with E-state index in [0.717, 1.165) is 46.5 Å². The molecule has 0 atom stereocenters. The summed E-state index contributed by atoms with van der Waals surface area (Å²) in [4.78, 5) is 4.51. The van der Waals surface area contributed by atoms with Crippen LogP contribution in [0.3, 0.4) is 0 Å². The first-order chi connectivity index (χ1) is 19.8. The topological polar surface area (TPSA) is 124 Å². The number of hydrogen-bond donors (Lipinski definition) is 3. The maximum absolute atomic E-state index is 12.8. The van der Waals surface area contributed by atoms with Gasteiger partial charge in [-0.1, -0.05) is 54.1 Å². The summed E-state index contributed by atoms with van der Waals surface area (Å²) in [6.07, 6.45) is 1.79. The van der Waals surface area contributed by atoms with Gasteiger partial charge in [0.25, 0.3) is 0 Å². The SMILES string of the molecule is CCn1nc(-c2ccc(NS(=O)(=O)Cc3ccccc3Cl)cc2)c2c(N)ncc(-c3ccc(NC4COC4)cc3)c21. The van der Waals surface area contributed by atoms with Gasteiger partial charge in [0.15, 0.2) is 0 Å². The zero-order valence-corrected chi connectivity index (χ0v) is 23.9. The number of rotatable bonds is 9. The van der Waals surface area contributed by atoms with E-state index in [1.54, 1.807) is 42.6 Å². The summed E-state index contributed by atoms with van der Waals surface area (Å²) in [6, 6.07) is 22.5. The number of benzene rings is 3. The molecule has 210 valence electrons. The van der Waals surface area contributed by atoms with Crippen molar-refractivity contribution >= 4 is 49.7 Å². The van der Waals surface area contributed by atoms with Gasteiger partial charge in [0.1, 0.15) is 11.5 Å². The van der Waals surface area contributed by atoms with E-state index in [9.17, 15) is 8.42 Å². The average molecular weight is 589 g/mol. The quantitative estimate of drug-likeness (QED) is 0.199. The monoisotopic (exact) mass is 588 g/mol. The Hall–Kier alpha value is -4.12. The van der Waals surface area contributed by atoms with Gasteiger partial charge in [-0.15, -0.1) is 0 Å². The third-order valence-electron chi connectivity index (χ3n) is 7.04. The Kier molecular flexibility index (Phi) is 7.29. The van der Waals surface area contributed by atoms with Crippen LogP contribution >= 0.6 is 11.6 Å². The Morgan fingerprint density at radius 1 is 1.00 bits per heavy atom. The predicted octanol–water partition coefficient (Wildman–Crippen LogP) is 5.77. The maximum atomic E-state index is 12.8. The van der Waals surface area contributed by atoms with Gasteiger partial charge in [-0.2, -0.15) is 5.10 Å². The lowest BCUT2D eigenvalue weighted by Gasteiger charge is -2.27. The van der Waals surface area contributed by atoms with E-state index < -0.39 is 10.0 Å². The highest BCUT2D eigenvalue weighted by atomic mass is 35.5. The molecule has 0 amide bonds. The lowest BCUT2D eigenvalue weighted by molar-refractivity contribution is 0.0211. The number of nitrogens with zero attached hydrogens (tertiary/aromatic N) is 3. The molecular formula is C30H29ClN6O3S. The number of ether oxygens (including phenoxy) is 1. The largest absolute Gasteiger partial charge is 0.383 e. The van der Waals surface area contributed by atoms with E-state index in [0.29, 0.717) is 40.4 Å². The molecule has 0 saturated carbocycles. The molecule has 0 radical (unpaired) electrons. The third-order valence-corrected chi connectivity index (χ3v) is 8.64. The molecule has 1 fully saturated rings. The number of fused-ring (bicyclic) bond motifs is 1. The van der Waals surface area contributed by atoms with Gasteiger partial charge in [0.05, 0.1) is 35.9 Å². The molecule has 0 aliphatic carbocycles. The number of aromatic nitrogens is 3. The van der Waals surface area contributed by atoms with Crippen LogP contribution in [0, 0.1) is 0 Å². The molecule has 9 nitrogen and oxygen atoms in total. The van der Waals surface area contributed by atoms with Crippen LogP contribution in [0.5, 0.6) is 0 Å². The van der Waals surface area contributed by atoms with Crippen molar-refractivity contribution in [3.8, 4) is 22.4 Å². The lowest BCUT2D eigenvalue weighted by atomic mass is 10.0. The number of nitrogens with two attached hydrogens (primary N) is 1. The van der Waals surface area contributed by atoms with Gasteiger partial charge < -0.3 is 15.8 Å². The van der Waals surface area contributed by atoms with Crippen LogP contribution in [0.1, 0.15) is 12.5 Å². The van der Waals surface area contributed by atoms with Crippen molar-refractivity contribution < 1.29 is 13.2 Å². The molecule has 1 saturated heterocycles. The molecule has 3 aromatic carbocycles. The Morgan fingerprint density at radius 2 is 1.68 bits per heavy atom. The van der Waals surface area contributed by atoms with E-state index >= 15 is 0 Å². The van der Waals surface area contributed by atoms with E-state index in [-0.39, 0.29) is 5.75 Å². The number of nitrogen functional groups attached to an aromatic ring is 1. The lowest BCUT2D eigenvalue weighted by Crippen LogP contribution is -2.40. The van der Waals surface area contributed by atoms with Crippen molar-refractivity contribution in [2.45, 2.75) is 25.3 Å². The first-order valence-corrected chi connectivity index (χ1v) is 15.3. The minimum Gasteiger partial charge on any atom is -0.383 e. The Morgan fingerprint density at radius 3 is 2.34 bits per heavy atom. The Balaban J connectivity index is 1.30. The first-order valence-electron chi connectivity index (χ1n) is 13.3. The van der Waals surface area contributed by atoms with Crippen LogP contribution in [0.15, 0.2) is 79.0 Å². The van der Waals surface area contributed by atoms with Gasteiger partial charge in [0.2, 0.25) is 10.0 Å². The molecule has 5 aromatic rings. The van der Waals surface area contributed by atoms with Crippen LogP contribution in [-0.4, -0.2) is 42.4 Å². The summed E-state index contributed by atoms with van der Waals surface area (Å²) in [5, 5.41) is 9.51. The molecule has 3 heterocycles. The maximum Gasteiger partial charge on any atom is 0.236 e. The number of sulfonamides is 1. The van der Waals surface area contributed by atoms with E-state index in [1.165, 1.54) is 0 Å². The van der Waals surface area contributed by atoms with Crippen LogP contribution in [0.25, 0.3) is 33.3 Å². The van der Waals surface area contributed by atoms with Crippen molar-refractivity contribution in [2.75, 3.05) is 29.0 Å². The van der Waals surface area contributed by atoms with Crippen LogP contribution in [-0.2, 0) is 27.1 Å². The Labute approximate surface area is 243 Å². The summed E-state index contributed by atoms with van der Waals surface area (Å²) >= 11 is 6.16. The van der Waals surface area contributed by atoms with Crippen molar-refractivity contribution in [3.63, 3.8) is 0 Å². The average Bonchev–Trinajstić information content (AvgIpc) is 3.33. The van der Waals surface area contributed by atoms with Crippen molar-refractivity contribution in [3.05, 3.63) is 89.6 Å². The second-order valence-corrected chi connectivity index (χ2v) is 12.1. The minimum atomic E-state index is -3.67. The Bertz CT molecular complexity index is 1820. The first kappa shape index (κ1) is 27.1. The smallest absolute Gasteiger partial charge is 0.236 e. The van der Waals surface area contributed by atoms with Crippen LogP contribution < -0.4 is 15.8 Å². The second-order valence-electron chi connectivity index (χ2n) is 9.93. The number of hydrogen-bond acceptors (Lipinski definition) is 7. The fourth-order valence-corrected chi connectivity index (χ4v) is 6.42. The second kappa shape index (κ2) is 11.0. The van der Waals surface area contributed by atoms with Crippen LogP contribution in [0.2, 0.25) is 5.02 Å². The van der Waals surface area contributed by atoms with Gasteiger partial charge >= 0.3 is 0 Å². The zero-order valence-electron chi connectivity index (χ0n) is 22.3. The number of pyridine rings is 1. The van der Waals surface area contributed by atoms with Crippen molar-refractivity contribution in [1.29, 1.82) is 0 Å². The molecule has 0 spiro atoms. The molecule has 6 rings (SSSR count). The molecule has 0 bridgehead atoms. The molecule has 1 aliphatic heterocycles. The molecule has 1 aliphatic rings. The highest BCUT2D eigenvalue weighted by Crippen LogP contribution is 2.38. The summed E-state index contributed by atoms with van der Waals surface area (Å²) < 4.78 is 35.4. The summed E-state index contributed by atoms with van der Waals surface area (Å²) in [5.74, 6) is 0.156. The summed E-state index contributed by atoms with van der Waals surface area (Å²) in [7, 11) is -3.67. The number of halogens is 1. The number of nitrogens with one attached hydrogen (secondary N) is 2. The summed E-state index contributed by atoms with van der Waals surface area (Å²) in [5.41, 5.74) is 12.7. The minimum absolute atomic E-state index is 0.225. The molecule has 11 heteroatoms. The van der Waals surface area contributed by atoms with Gasteiger partial charge in [-0.25, -0.2) is 13.4 Å². The third kappa shape index (κ3) is 5.58. The van der Waals surface area contributed by atoms with Gasteiger partial charge in [0, 0.05) is 40.3 Å². The predicted molar refractivity (Wildman–Crippen MR) is 164 cm³/mol. The fourth-order valence-electron chi connectivity index (χ4n) is 4.91. The highest BCUT2D eigenvalue weighted by molar-refractivity contribution is 7.91. The molecule has 41 heavy (non-hydrogen) atoms. The fraction of sp³-hybridized carbons (Fsp3) is 0.200. The molecule has 2 aromatic heterocycles. The molecule has 4 N–H and O–H groups in total. The highest BCUT2D eigenvalue weighted by Gasteiger charge is 2.21. The molecular weight excluding hydrogens is 560 g/mol. The normalized spacial score (nSPS) is 13.7. The number of aryl methyl sites for hydroxylation is 1. The van der Waals surface area contributed by atoms with E-state index in [4.69, 9.17) is 27.2 Å². The standard InChI is InChI=1S/C30H29ClN6O3S/c1-2-37-29-25(19-7-11-22(12-8-19)34-24-16-40-17-24)15-33-30(32)27(29)28(35-37)20-9-13-23(14-10-20)36-41(38,39)18-21-5-3-4-6-26(21)31/h3-15,24,34,36H,2,16-18H2,1H3,(H2,32,33). The number of anilines is 3. The van der Waals surface area contributed by atoms with Gasteiger partial charge in [-0.3, -0.25) is 9.40 Å². The van der Waals surface area contributed by atoms with Crippen LogP contribution in [0.4, 0.5) is 17.2 Å². The van der Waals surface area contributed by atoms with Crippen molar-refractivity contribution in [1.82, 2.24) is 14.8 Å². The van der Waals surface area contributed by atoms with E-state index in [2.05, 4.69) is 39.3 Å². The van der Waals surface area contributed by atoms with E-state index in [1.807, 2.05) is 23.7 Å².